The third-order valence-electron chi connectivity index (χ3n) is 3.75. The highest BCUT2D eigenvalue weighted by atomic mass is 79.9. The highest BCUT2D eigenvalue weighted by Gasteiger charge is 2.12. The van der Waals surface area contributed by atoms with E-state index in [0.717, 1.165) is 21.3 Å². The number of nitrogens with one attached hydrogen (secondary N) is 2. The molecule has 0 aliphatic heterocycles. The third-order valence-corrected chi connectivity index (χ3v) is 5.09. The summed E-state index contributed by atoms with van der Waals surface area (Å²) in [7, 11) is 0. The molecular formula is C19H19BrN4OS. The maximum absolute atomic E-state index is 12.3. The number of carbonyl (C=O) groups excluding carboxylic acids is 1. The van der Waals surface area contributed by atoms with Crippen molar-refractivity contribution < 1.29 is 4.79 Å². The molecule has 0 saturated carbocycles. The first-order valence-electron chi connectivity index (χ1n) is 8.23. The lowest BCUT2D eigenvalue weighted by molar-refractivity contribution is -0.113. The lowest BCUT2D eigenvalue weighted by Crippen LogP contribution is -2.15. The van der Waals surface area contributed by atoms with Gasteiger partial charge in [-0.15, -0.1) is 5.10 Å². The standard InChI is InChI=1S/C19H19BrN4OS/c1-12(2)15-10-14(20)8-9-16(15)21-17(25)11-26-19-22-18(23-24-19)13-6-4-3-5-7-13/h3-10,12H,11H2,1-2H3,(H,21,25)(H,22,23,24). The van der Waals surface area contributed by atoms with Gasteiger partial charge in [0.05, 0.1) is 5.75 Å². The van der Waals surface area contributed by atoms with E-state index in [1.807, 2.05) is 48.5 Å². The summed E-state index contributed by atoms with van der Waals surface area (Å²) in [5.41, 5.74) is 2.91. The van der Waals surface area contributed by atoms with Gasteiger partial charge in [-0.3, -0.25) is 9.89 Å². The quantitative estimate of drug-likeness (QED) is 0.534. The number of anilines is 1. The van der Waals surface area contributed by atoms with Crippen LogP contribution in [-0.2, 0) is 4.79 Å². The lowest BCUT2D eigenvalue weighted by Gasteiger charge is -2.14. The van der Waals surface area contributed by atoms with Crippen molar-refractivity contribution in [2.24, 2.45) is 0 Å². The maximum atomic E-state index is 12.3. The molecule has 0 bridgehead atoms. The molecule has 0 atom stereocenters. The van der Waals surface area contributed by atoms with Gasteiger partial charge in [-0.2, -0.15) is 0 Å². The summed E-state index contributed by atoms with van der Waals surface area (Å²) < 4.78 is 1.00. The van der Waals surface area contributed by atoms with Gasteiger partial charge in [-0.1, -0.05) is 71.9 Å². The Bertz CT molecular complexity index is 896. The first-order valence-corrected chi connectivity index (χ1v) is 10.0. The van der Waals surface area contributed by atoms with Gasteiger partial charge in [-0.05, 0) is 29.7 Å². The minimum absolute atomic E-state index is 0.0784. The van der Waals surface area contributed by atoms with Crippen LogP contribution >= 0.6 is 27.7 Å². The molecule has 2 aromatic carbocycles. The Kier molecular flexibility index (Phi) is 6.11. The average Bonchev–Trinajstić information content (AvgIpc) is 3.11. The summed E-state index contributed by atoms with van der Waals surface area (Å²) in [5.74, 6) is 1.19. The molecule has 1 aromatic heterocycles. The molecule has 0 spiro atoms. The van der Waals surface area contributed by atoms with Gasteiger partial charge in [-0.25, -0.2) is 4.98 Å². The van der Waals surface area contributed by atoms with Crippen LogP contribution in [0.4, 0.5) is 5.69 Å². The Hall–Kier alpha value is -2.12. The molecule has 134 valence electrons. The van der Waals surface area contributed by atoms with E-state index in [-0.39, 0.29) is 11.7 Å². The van der Waals surface area contributed by atoms with Gasteiger partial charge in [0.25, 0.3) is 0 Å². The van der Waals surface area contributed by atoms with E-state index in [1.165, 1.54) is 11.8 Å². The Labute approximate surface area is 165 Å². The zero-order valence-corrected chi connectivity index (χ0v) is 16.9. The number of rotatable bonds is 6. The van der Waals surface area contributed by atoms with Gasteiger partial charge in [0.1, 0.15) is 0 Å². The van der Waals surface area contributed by atoms with Crippen LogP contribution in [0.2, 0.25) is 0 Å². The van der Waals surface area contributed by atoms with Crippen molar-refractivity contribution in [3.05, 3.63) is 58.6 Å². The predicted octanol–water partition coefficient (Wildman–Crippen LogP) is 5.09. The van der Waals surface area contributed by atoms with Crippen molar-refractivity contribution in [2.45, 2.75) is 24.9 Å². The highest BCUT2D eigenvalue weighted by molar-refractivity contribution is 9.10. The second-order valence-corrected chi connectivity index (χ2v) is 7.91. The second kappa shape index (κ2) is 8.51. The molecule has 3 rings (SSSR count). The first-order chi connectivity index (χ1) is 12.5. The number of aromatic nitrogens is 3. The minimum Gasteiger partial charge on any atom is -0.325 e. The summed E-state index contributed by atoms with van der Waals surface area (Å²) in [4.78, 5) is 16.7. The summed E-state index contributed by atoms with van der Waals surface area (Å²) in [6.07, 6.45) is 0. The fraction of sp³-hybridized carbons (Fsp3) is 0.211. The molecule has 1 heterocycles. The van der Waals surface area contributed by atoms with E-state index >= 15 is 0 Å². The Morgan fingerprint density at radius 1 is 1.23 bits per heavy atom. The summed E-state index contributed by atoms with van der Waals surface area (Å²) in [6.45, 7) is 4.20. The van der Waals surface area contributed by atoms with E-state index in [1.54, 1.807) is 0 Å². The Morgan fingerprint density at radius 3 is 2.73 bits per heavy atom. The highest BCUT2D eigenvalue weighted by Crippen LogP contribution is 2.28. The van der Waals surface area contributed by atoms with Crippen molar-refractivity contribution in [1.29, 1.82) is 0 Å². The molecule has 0 aliphatic rings. The van der Waals surface area contributed by atoms with E-state index < -0.39 is 0 Å². The van der Waals surface area contributed by atoms with Crippen molar-refractivity contribution in [1.82, 2.24) is 15.2 Å². The van der Waals surface area contributed by atoms with Gasteiger partial charge in [0.15, 0.2) is 5.82 Å². The summed E-state index contributed by atoms with van der Waals surface area (Å²) in [5, 5.41) is 10.6. The van der Waals surface area contributed by atoms with Crippen LogP contribution in [0, 0.1) is 0 Å². The van der Waals surface area contributed by atoms with Crippen molar-refractivity contribution in [3.63, 3.8) is 0 Å². The fourth-order valence-electron chi connectivity index (χ4n) is 2.48. The molecule has 0 saturated heterocycles. The number of nitrogens with zero attached hydrogens (tertiary/aromatic N) is 2. The molecule has 2 N–H and O–H groups in total. The molecular weight excluding hydrogens is 412 g/mol. The van der Waals surface area contributed by atoms with Gasteiger partial charge >= 0.3 is 0 Å². The van der Waals surface area contributed by atoms with Crippen LogP contribution < -0.4 is 5.32 Å². The van der Waals surface area contributed by atoms with Crippen LogP contribution in [0.15, 0.2) is 58.2 Å². The zero-order valence-electron chi connectivity index (χ0n) is 14.5. The number of aromatic amines is 1. The van der Waals surface area contributed by atoms with E-state index in [0.29, 0.717) is 16.9 Å². The predicted molar refractivity (Wildman–Crippen MR) is 109 cm³/mol. The molecule has 0 unspecified atom stereocenters. The van der Waals surface area contributed by atoms with Crippen LogP contribution in [0.5, 0.6) is 0 Å². The smallest absolute Gasteiger partial charge is 0.234 e. The van der Waals surface area contributed by atoms with Gasteiger partial charge in [0.2, 0.25) is 11.1 Å². The number of H-pyrrole nitrogens is 1. The van der Waals surface area contributed by atoms with Crippen LogP contribution in [0.25, 0.3) is 11.4 Å². The zero-order chi connectivity index (χ0) is 18.5. The van der Waals surface area contributed by atoms with Gasteiger partial charge in [0, 0.05) is 15.7 Å². The number of halogens is 1. The molecule has 0 fully saturated rings. The molecule has 7 heteroatoms. The number of hydrogen-bond donors (Lipinski definition) is 2. The second-order valence-electron chi connectivity index (χ2n) is 6.06. The van der Waals surface area contributed by atoms with E-state index in [2.05, 4.69) is 50.3 Å². The molecule has 1 amide bonds. The number of benzene rings is 2. The van der Waals surface area contributed by atoms with E-state index in [9.17, 15) is 4.79 Å². The number of thioether (sulfide) groups is 1. The monoisotopic (exact) mass is 430 g/mol. The largest absolute Gasteiger partial charge is 0.325 e. The average molecular weight is 431 g/mol. The van der Waals surface area contributed by atoms with Crippen molar-refractivity contribution in [3.8, 4) is 11.4 Å². The molecule has 3 aromatic rings. The normalized spacial score (nSPS) is 10.9. The molecule has 5 nitrogen and oxygen atoms in total. The van der Waals surface area contributed by atoms with Gasteiger partial charge < -0.3 is 5.32 Å². The first kappa shape index (κ1) is 18.7. The van der Waals surface area contributed by atoms with E-state index in [4.69, 9.17) is 0 Å². The topological polar surface area (TPSA) is 70.7 Å². The van der Waals surface area contributed by atoms with Crippen LogP contribution in [-0.4, -0.2) is 26.8 Å². The third kappa shape index (κ3) is 4.74. The van der Waals surface area contributed by atoms with Crippen LogP contribution in [0.3, 0.4) is 0 Å². The Balaban J connectivity index is 1.61. The van der Waals surface area contributed by atoms with Crippen molar-refractivity contribution >= 4 is 39.3 Å². The number of hydrogen-bond acceptors (Lipinski definition) is 4. The molecule has 0 aliphatic carbocycles. The fourth-order valence-corrected chi connectivity index (χ4v) is 3.45. The van der Waals surface area contributed by atoms with Crippen LogP contribution in [0.1, 0.15) is 25.3 Å². The molecule has 0 radical (unpaired) electrons. The SMILES string of the molecule is CC(C)c1cc(Br)ccc1NC(=O)CSc1n[nH]c(-c2ccccc2)n1. The lowest BCUT2D eigenvalue weighted by atomic mass is 10.0. The molecule has 26 heavy (non-hydrogen) atoms. The van der Waals surface area contributed by atoms with Crippen molar-refractivity contribution in [2.75, 3.05) is 11.1 Å². The Morgan fingerprint density at radius 2 is 2.00 bits per heavy atom. The minimum atomic E-state index is -0.0784. The summed E-state index contributed by atoms with van der Waals surface area (Å²) in [6, 6.07) is 15.6. The maximum Gasteiger partial charge on any atom is 0.234 e. The summed E-state index contributed by atoms with van der Waals surface area (Å²) >= 11 is 4.78. The number of amides is 1. The number of carbonyl (C=O) groups is 1.